The molecule has 0 aliphatic rings. The molecule has 0 saturated heterocycles. The number of hydrogen-bond donors (Lipinski definition) is 1. The van der Waals surface area contributed by atoms with Crippen LogP contribution in [0.5, 0.6) is 5.75 Å². The van der Waals surface area contributed by atoms with Crippen LogP contribution in [0.15, 0.2) is 24.3 Å². The van der Waals surface area contributed by atoms with Crippen LogP contribution in [-0.2, 0) is 0 Å². The van der Waals surface area contributed by atoms with Crippen molar-refractivity contribution in [2.45, 2.75) is 0 Å². The molecule has 1 N–H and O–H groups in total. The molecule has 0 spiro atoms. The number of rotatable bonds is 2. The Balaban J connectivity index is 2.75. The van der Waals surface area contributed by atoms with Crippen molar-refractivity contribution in [3.8, 4) is 5.75 Å². The van der Waals surface area contributed by atoms with Crippen LogP contribution in [-0.4, -0.2) is 12.7 Å². The molecule has 0 radical (unpaired) electrons. The van der Waals surface area contributed by atoms with E-state index in [1.807, 2.05) is 18.2 Å². The molecule has 0 aliphatic heterocycles. The summed E-state index contributed by atoms with van der Waals surface area (Å²) in [4.78, 5) is 0. The largest absolute Gasteiger partial charge is 0.539 e. The van der Waals surface area contributed by atoms with E-state index in [2.05, 4.69) is 22.6 Å². The van der Waals surface area contributed by atoms with Gasteiger partial charge in [-0.3, -0.25) is 0 Å². The third-order valence-electron chi connectivity index (χ3n) is 1.03. The van der Waals surface area contributed by atoms with E-state index in [1.165, 1.54) is 0 Å². The molecule has 0 bridgehead atoms. The van der Waals surface area contributed by atoms with Crippen LogP contribution in [0.2, 0.25) is 0 Å². The minimum Gasteiger partial charge on any atom is -0.539 e. The highest BCUT2D eigenvalue weighted by Gasteiger charge is 1.92. The zero-order chi connectivity index (χ0) is 7.40. The Morgan fingerprint density at radius 3 is 2.90 bits per heavy atom. The molecule has 0 fully saturated rings. The molecule has 1 aromatic carbocycles. The zero-order valence-corrected chi connectivity index (χ0v) is 7.41. The molecule has 52 valence electrons. The van der Waals surface area contributed by atoms with E-state index in [-0.39, 0.29) is 7.69 Å². The molecule has 0 amide bonds. The minimum atomic E-state index is -0.264. The van der Waals surface area contributed by atoms with E-state index in [0.717, 1.165) is 3.57 Å². The third kappa shape index (κ3) is 2.19. The molecule has 0 aromatic heterocycles. The molecule has 0 aliphatic carbocycles. The molecule has 1 aromatic rings. The van der Waals surface area contributed by atoms with E-state index in [4.69, 9.17) is 9.68 Å². The fourth-order valence-corrected chi connectivity index (χ4v) is 1.15. The first-order chi connectivity index (χ1) is 4.83. The molecular weight excluding hydrogens is 242 g/mol. The van der Waals surface area contributed by atoms with Crippen LogP contribution in [0, 0.1) is 3.57 Å². The van der Waals surface area contributed by atoms with E-state index in [9.17, 15) is 0 Å². The lowest BCUT2D eigenvalue weighted by atomic mass is 10.3. The van der Waals surface area contributed by atoms with Gasteiger partial charge in [0.25, 0.3) is 0 Å². The molecule has 4 heteroatoms. The van der Waals surface area contributed by atoms with Gasteiger partial charge in [0.05, 0.1) is 0 Å². The second kappa shape index (κ2) is 3.83. The first kappa shape index (κ1) is 7.88. The molecule has 0 heterocycles. The van der Waals surface area contributed by atoms with Gasteiger partial charge in [-0.25, -0.2) is 0 Å². The van der Waals surface area contributed by atoms with Crippen LogP contribution in [0.1, 0.15) is 0 Å². The van der Waals surface area contributed by atoms with Crippen molar-refractivity contribution in [2.24, 2.45) is 0 Å². The Morgan fingerprint density at radius 2 is 2.30 bits per heavy atom. The summed E-state index contributed by atoms with van der Waals surface area (Å²) in [5.41, 5.74) is 0. The third-order valence-corrected chi connectivity index (χ3v) is 1.70. The first-order valence-electron chi connectivity index (χ1n) is 2.82. The van der Waals surface area contributed by atoms with Gasteiger partial charge < -0.3 is 9.68 Å². The SMILES string of the molecule is OBOc1cccc(I)c1. The van der Waals surface area contributed by atoms with Crippen molar-refractivity contribution in [1.82, 2.24) is 0 Å². The maximum atomic E-state index is 8.39. The maximum absolute atomic E-state index is 8.39. The minimum absolute atomic E-state index is 0.264. The van der Waals surface area contributed by atoms with Crippen LogP contribution in [0.25, 0.3) is 0 Å². The summed E-state index contributed by atoms with van der Waals surface area (Å²) in [5.74, 6) is 0.703. The van der Waals surface area contributed by atoms with Gasteiger partial charge in [0, 0.05) is 3.57 Å². The number of benzene rings is 1. The Labute approximate surface area is 73.7 Å². The van der Waals surface area contributed by atoms with Crippen molar-refractivity contribution in [2.75, 3.05) is 0 Å². The van der Waals surface area contributed by atoms with Gasteiger partial charge in [0.1, 0.15) is 5.75 Å². The summed E-state index contributed by atoms with van der Waals surface area (Å²) in [7, 11) is -0.264. The quantitative estimate of drug-likeness (QED) is 0.623. The predicted octanol–water partition coefficient (Wildman–Crippen LogP) is 0.929. The van der Waals surface area contributed by atoms with E-state index in [0.29, 0.717) is 5.75 Å². The highest BCUT2D eigenvalue weighted by Crippen LogP contribution is 2.13. The van der Waals surface area contributed by atoms with Crippen molar-refractivity contribution in [1.29, 1.82) is 0 Å². The standard InChI is InChI=1S/C6H6BIO2/c8-5-2-1-3-6(4-5)10-7-9/h1-4,7,9H. The maximum Gasteiger partial charge on any atom is 0.504 e. The summed E-state index contributed by atoms with van der Waals surface area (Å²) < 4.78 is 5.94. The Morgan fingerprint density at radius 1 is 1.50 bits per heavy atom. The van der Waals surface area contributed by atoms with E-state index < -0.39 is 0 Å². The molecule has 0 saturated carbocycles. The van der Waals surface area contributed by atoms with Gasteiger partial charge in [0.2, 0.25) is 0 Å². The zero-order valence-electron chi connectivity index (χ0n) is 5.25. The Kier molecular flexibility index (Phi) is 3.01. The van der Waals surface area contributed by atoms with Gasteiger partial charge in [0.15, 0.2) is 0 Å². The lowest BCUT2D eigenvalue weighted by molar-refractivity contribution is 0.453. The smallest absolute Gasteiger partial charge is 0.504 e. The molecule has 1 rings (SSSR count). The molecule has 0 atom stereocenters. The van der Waals surface area contributed by atoms with Crippen molar-refractivity contribution in [3.05, 3.63) is 27.8 Å². The molecular formula is C6H6BIO2. The summed E-state index contributed by atoms with van der Waals surface area (Å²) in [6.07, 6.45) is 0. The van der Waals surface area contributed by atoms with Crippen molar-refractivity contribution >= 4 is 30.3 Å². The van der Waals surface area contributed by atoms with Crippen LogP contribution in [0.4, 0.5) is 0 Å². The second-order valence-corrected chi connectivity index (χ2v) is 2.98. The lowest BCUT2D eigenvalue weighted by Gasteiger charge is -2.00. The number of hydrogen-bond acceptors (Lipinski definition) is 2. The molecule has 0 unspecified atom stereocenters. The highest BCUT2D eigenvalue weighted by atomic mass is 127. The van der Waals surface area contributed by atoms with Gasteiger partial charge in [-0.1, -0.05) is 6.07 Å². The Hall–Kier alpha value is -0.225. The van der Waals surface area contributed by atoms with Gasteiger partial charge >= 0.3 is 7.69 Å². The first-order valence-corrected chi connectivity index (χ1v) is 3.90. The topological polar surface area (TPSA) is 29.5 Å². The van der Waals surface area contributed by atoms with Crippen LogP contribution >= 0.6 is 22.6 Å². The number of halogens is 1. The average molecular weight is 248 g/mol. The van der Waals surface area contributed by atoms with Gasteiger partial charge in [-0.2, -0.15) is 0 Å². The van der Waals surface area contributed by atoms with Crippen molar-refractivity contribution in [3.63, 3.8) is 0 Å². The van der Waals surface area contributed by atoms with Crippen LogP contribution in [0.3, 0.4) is 0 Å². The lowest BCUT2D eigenvalue weighted by Crippen LogP contribution is -1.99. The monoisotopic (exact) mass is 248 g/mol. The fourth-order valence-electron chi connectivity index (χ4n) is 0.631. The van der Waals surface area contributed by atoms with E-state index >= 15 is 0 Å². The second-order valence-electron chi connectivity index (χ2n) is 1.73. The predicted molar refractivity (Wildman–Crippen MR) is 49.2 cm³/mol. The summed E-state index contributed by atoms with van der Waals surface area (Å²) in [6, 6.07) is 7.51. The van der Waals surface area contributed by atoms with Crippen LogP contribution < -0.4 is 4.65 Å². The normalized spacial score (nSPS) is 9.00. The molecule has 2 nitrogen and oxygen atoms in total. The van der Waals surface area contributed by atoms with Gasteiger partial charge in [-0.15, -0.1) is 0 Å². The van der Waals surface area contributed by atoms with E-state index in [1.54, 1.807) is 6.07 Å². The highest BCUT2D eigenvalue weighted by molar-refractivity contribution is 14.1. The molecule has 10 heavy (non-hydrogen) atoms. The summed E-state index contributed by atoms with van der Waals surface area (Å²) >= 11 is 2.18. The summed E-state index contributed by atoms with van der Waals surface area (Å²) in [6.45, 7) is 0. The fraction of sp³-hybridized carbons (Fsp3) is 0. The van der Waals surface area contributed by atoms with Crippen molar-refractivity contribution < 1.29 is 9.68 Å². The Bertz CT molecular complexity index is 217. The summed E-state index contributed by atoms with van der Waals surface area (Å²) in [5, 5.41) is 8.39. The van der Waals surface area contributed by atoms with Gasteiger partial charge in [-0.05, 0) is 40.8 Å². The average Bonchev–Trinajstić information content (AvgIpc) is 1.88.